The van der Waals surface area contributed by atoms with Gasteiger partial charge in [0.25, 0.3) is 0 Å². The fourth-order valence-electron chi connectivity index (χ4n) is 1.46. The van der Waals surface area contributed by atoms with Crippen molar-refractivity contribution in [2.75, 3.05) is 0 Å². The van der Waals surface area contributed by atoms with Crippen LogP contribution in [0.3, 0.4) is 0 Å². The van der Waals surface area contributed by atoms with E-state index in [1.807, 2.05) is 45.0 Å². The van der Waals surface area contributed by atoms with Crippen LogP contribution in [0.2, 0.25) is 5.02 Å². The van der Waals surface area contributed by atoms with Crippen molar-refractivity contribution in [3.05, 3.63) is 34.9 Å². The van der Waals surface area contributed by atoms with Crippen LogP contribution in [0.15, 0.2) is 24.3 Å². The molecule has 0 saturated carbocycles. The minimum absolute atomic E-state index is 0.00692. The Labute approximate surface area is 116 Å². The van der Waals surface area contributed by atoms with Gasteiger partial charge in [0.05, 0.1) is 10.9 Å². The van der Waals surface area contributed by atoms with Crippen LogP contribution in [-0.2, 0) is 4.79 Å². The van der Waals surface area contributed by atoms with E-state index in [2.05, 4.69) is 21.2 Å². The Morgan fingerprint density at radius 2 is 2.00 bits per heavy atom. The third-order valence-corrected chi connectivity index (χ3v) is 4.25. The van der Waals surface area contributed by atoms with Crippen LogP contribution >= 0.6 is 27.5 Å². The van der Waals surface area contributed by atoms with Crippen molar-refractivity contribution in [2.45, 2.75) is 31.6 Å². The summed E-state index contributed by atoms with van der Waals surface area (Å²) in [7, 11) is 0. The predicted molar refractivity (Wildman–Crippen MR) is 75.6 cm³/mol. The summed E-state index contributed by atoms with van der Waals surface area (Å²) in [5, 5.41) is 3.64. The first-order chi connectivity index (χ1) is 7.91. The minimum atomic E-state index is -0.163. The summed E-state index contributed by atoms with van der Waals surface area (Å²) in [6.07, 6.45) is 0. The van der Waals surface area contributed by atoms with Crippen molar-refractivity contribution < 1.29 is 4.79 Å². The normalized spacial score (nSPS) is 14.5. The number of carbonyl (C=O) groups excluding carboxylic acids is 1. The number of benzene rings is 1. The van der Waals surface area contributed by atoms with Gasteiger partial charge in [0, 0.05) is 5.02 Å². The third-order valence-electron chi connectivity index (χ3n) is 2.54. The van der Waals surface area contributed by atoms with Crippen LogP contribution in [-0.4, -0.2) is 10.7 Å². The molecule has 0 aliphatic rings. The molecule has 0 bridgehead atoms. The molecule has 17 heavy (non-hydrogen) atoms. The highest BCUT2D eigenvalue weighted by Crippen LogP contribution is 2.19. The van der Waals surface area contributed by atoms with Crippen LogP contribution < -0.4 is 5.32 Å². The molecule has 0 aliphatic heterocycles. The van der Waals surface area contributed by atoms with Crippen LogP contribution in [0, 0.1) is 5.92 Å². The highest BCUT2D eigenvalue weighted by Gasteiger charge is 2.20. The van der Waals surface area contributed by atoms with Gasteiger partial charge in [-0.3, -0.25) is 4.79 Å². The highest BCUT2D eigenvalue weighted by molar-refractivity contribution is 9.10. The molecular formula is C13H17BrClNO. The van der Waals surface area contributed by atoms with E-state index in [4.69, 9.17) is 11.6 Å². The Morgan fingerprint density at radius 3 is 2.53 bits per heavy atom. The number of hydrogen-bond acceptors (Lipinski definition) is 1. The second kappa shape index (κ2) is 6.41. The van der Waals surface area contributed by atoms with E-state index in [1.54, 1.807) is 0 Å². The van der Waals surface area contributed by atoms with Gasteiger partial charge in [-0.15, -0.1) is 0 Å². The lowest BCUT2D eigenvalue weighted by Gasteiger charge is -2.19. The maximum absolute atomic E-state index is 11.9. The number of hydrogen-bond donors (Lipinski definition) is 1. The topological polar surface area (TPSA) is 29.1 Å². The molecule has 1 aromatic carbocycles. The first-order valence-corrected chi connectivity index (χ1v) is 6.91. The number of amides is 1. The van der Waals surface area contributed by atoms with E-state index in [9.17, 15) is 4.79 Å². The summed E-state index contributed by atoms with van der Waals surface area (Å²) in [4.78, 5) is 11.7. The van der Waals surface area contributed by atoms with Gasteiger partial charge < -0.3 is 5.32 Å². The average Bonchev–Trinajstić information content (AvgIpc) is 2.27. The number of rotatable bonds is 4. The van der Waals surface area contributed by atoms with Crippen molar-refractivity contribution in [3.8, 4) is 0 Å². The number of carbonyl (C=O) groups is 1. The van der Waals surface area contributed by atoms with Gasteiger partial charge in [-0.2, -0.15) is 0 Å². The van der Waals surface area contributed by atoms with E-state index in [1.165, 1.54) is 0 Å². The van der Waals surface area contributed by atoms with Gasteiger partial charge in [-0.1, -0.05) is 53.5 Å². The number of halogens is 2. The van der Waals surface area contributed by atoms with Crippen LogP contribution in [0.25, 0.3) is 0 Å². The number of nitrogens with one attached hydrogen (secondary N) is 1. The average molecular weight is 319 g/mol. The molecule has 0 heterocycles. The van der Waals surface area contributed by atoms with Crippen molar-refractivity contribution in [2.24, 2.45) is 5.92 Å². The van der Waals surface area contributed by atoms with Crippen molar-refractivity contribution >= 4 is 33.4 Å². The molecular weight excluding hydrogens is 302 g/mol. The first-order valence-electron chi connectivity index (χ1n) is 5.61. The van der Waals surface area contributed by atoms with Crippen molar-refractivity contribution in [1.29, 1.82) is 0 Å². The lowest BCUT2D eigenvalue weighted by Crippen LogP contribution is -2.35. The van der Waals surface area contributed by atoms with Gasteiger partial charge in [0.1, 0.15) is 0 Å². The predicted octanol–water partition coefficient (Wildman–Crippen LogP) is 3.94. The quantitative estimate of drug-likeness (QED) is 0.837. The fraction of sp³-hybridized carbons (Fsp3) is 0.462. The Kier molecular flexibility index (Phi) is 5.47. The van der Waals surface area contributed by atoms with E-state index in [-0.39, 0.29) is 22.7 Å². The Bertz CT molecular complexity index is 395. The molecule has 2 nitrogen and oxygen atoms in total. The molecule has 1 amide bonds. The molecule has 0 saturated heterocycles. The minimum Gasteiger partial charge on any atom is -0.349 e. The summed E-state index contributed by atoms with van der Waals surface area (Å²) in [6, 6.07) is 7.48. The van der Waals surface area contributed by atoms with Crippen LogP contribution in [0.5, 0.6) is 0 Å². The smallest absolute Gasteiger partial charge is 0.234 e. The van der Waals surface area contributed by atoms with E-state index >= 15 is 0 Å². The molecule has 4 heteroatoms. The SMILES string of the molecule is CC(C)C(Br)C(=O)N[C@H](C)c1cccc(Cl)c1. The molecule has 2 atom stereocenters. The molecule has 0 spiro atoms. The zero-order valence-electron chi connectivity index (χ0n) is 10.2. The Balaban J connectivity index is 2.66. The van der Waals surface area contributed by atoms with Crippen LogP contribution in [0.1, 0.15) is 32.4 Å². The maximum Gasteiger partial charge on any atom is 0.234 e. The van der Waals surface area contributed by atoms with Crippen molar-refractivity contribution in [3.63, 3.8) is 0 Å². The maximum atomic E-state index is 11.9. The number of alkyl halides is 1. The molecule has 1 rings (SSSR count). The molecule has 94 valence electrons. The molecule has 1 N–H and O–H groups in total. The largest absolute Gasteiger partial charge is 0.349 e. The zero-order chi connectivity index (χ0) is 13.0. The molecule has 1 unspecified atom stereocenters. The van der Waals surface area contributed by atoms with Gasteiger partial charge in [0.15, 0.2) is 0 Å². The summed E-state index contributed by atoms with van der Waals surface area (Å²) < 4.78 is 0. The third kappa shape index (κ3) is 4.32. The van der Waals surface area contributed by atoms with Gasteiger partial charge >= 0.3 is 0 Å². The van der Waals surface area contributed by atoms with Gasteiger partial charge in [-0.05, 0) is 30.5 Å². The second-order valence-corrected chi connectivity index (χ2v) is 5.85. The zero-order valence-corrected chi connectivity index (χ0v) is 12.5. The standard InChI is InChI=1S/C13H17BrClNO/c1-8(2)12(14)13(17)16-9(3)10-5-4-6-11(15)7-10/h4-9,12H,1-3H3,(H,16,17)/t9-,12?/m1/s1. The summed E-state index contributed by atoms with van der Waals surface area (Å²) >= 11 is 9.30. The van der Waals surface area contributed by atoms with E-state index < -0.39 is 0 Å². The Hall–Kier alpha value is -0.540. The van der Waals surface area contributed by atoms with E-state index in [0.717, 1.165) is 5.56 Å². The molecule has 0 aliphatic carbocycles. The highest BCUT2D eigenvalue weighted by atomic mass is 79.9. The summed E-state index contributed by atoms with van der Waals surface area (Å²) in [5.41, 5.74) is 1.01. The van der Waals surface area contributed by atoms with Gasteiger partial charge in [-0.25, -0.2) is 0 Å². The lowest BCUT2D eigenvalue weighted by atomic mass is 10.1. The lowest BCUT2D eigenvalue weighted by molar-refractivity contribution is -0.121. The first kappa shape index (κ1) is 14.5. The monoisotopic (exact) mass is 317 g/mol. The molecule has 1 aromatic rings. The molecule has 0 fully saturated rings. The second-order valence-electron chi connectivity index (χ2n) is 4.43. The molecule has 0 aromatic heterocycles. The van der Waals surface area contributed by atoms with E-state index in [0.29, 0.717) is 5.02 Å². The Morgan fingerprint density at radius 1 is 1.35 bits per heavy atom. The molecule has 0 radical (unpaired) electrons. The summed E-state index contributed by atoms with van der Waals surface area (Å²) in [5.74, 6) is 0.272. The fourth-order valence-corrected chi connectivity index (χ4v) is 1.79. The van der Waals surface area contributed by atoms with Crippen molar-refractivity contribution in [1.82, 2.24) is 5.32 Å². The summed E-state index contributed by atoms with van der Waals surface area (Å²) in [6.45, 7) is 5.95. The van der Waals surface area contributed by atoms with Crippen LogP contribution in [0.4, 0.5) is 0 Å². The van der Waals surface area contributed by atoms with Gasteiger partial charge in [0.2, 0.25) is 5.91 Å².